The topological polar surface area (TPSA) is 66.8 Å². The predicted octanol–water partition coefficient (Wildman–Crippen LogP) is 2.54. The Balaban J connectivity index is 1.68. The summed E-state index contributed by atoms with van der Waals surface area (Å²) in [4.78, 5) is 12.6. The average Bonchev–Trinajstić information content (AvgIpc) is 2.71. The molecule has 2 heterocycles. The lowest BCUT2D eigenvalue weighted by molar-refractivity contribution is -0.187. The fourth-order valence-electron chi connectivity index (χ4n) is 8.03. The van der Waals surface area contributed by atoms with Gasteiger partial charge < -0.3 is 14.9 Å². The predicted molar refractivity (Wildman–Crippen MR) is 92.4 cm³/mol. The Labute approximate surface area is 149 Å². The molecule has 6 aliphatic rings. The molecule has 9 atom stereocenters. The molecule has 0 aromatic rings. The van der Waals surface area contributed by atoms with Crippen LogP contribution in [0.4, 0.5) is 0 Å². The minimum Gasteiger partial charge on any atom is -0.464 e. The SMILES string of the molecule is C[C@@H]1C[C@@]23C[C@H]1CC[C@@H]2[C@]12C=CC(C(=O)OC1)C(C)(CO)[C@@H]2C[C@@H]3O. The van der Waals surface area contributed by atoms with Crippen LogP contribution in [0, 0.1) is 45.8 Å². The van der Waals surface area contributed by atoms with Crippen molar-refractivity contribution in [3.05, 3.63) is 12.2 Å². The lowest BCUT2D eigenvalue weighted by Crippen LogP contribution is -2.63. The minimum absolute atomic E-state index is 0.0247. The molecule has 25 heavy (non-hydrogen) atoms. The Morgan fingerprint density at radius 1 is 1.28 bits per heavy atom. The fourth-order valence-corrected chi connectivity index (χ4v) is 8.03. The largest absolute Gasteiger partial charge is 0.464 e. The minimum atomic E-state index is -0.536. The zero-order valence-electron chi connectivity index (χ0n) is 15.3. The summed E-state index contributed by atoms with van der Waals surface area (Å²) in [6, 6.07) is 0. The van der Waals surface area contributed by atoms with Crippen molar-refractivity contribution in [2.24, 2.45) is 45.8 Å². The summed E-state index contributed by atoms with van der Waals surface area (Å²) in [5.41, 5.74) is -0.774. The van der Waals surface area contributed by atoms with Gasteiger partial charge in [0, 0.05) is 22.9 Å². The molecule has 4 aliphatic carbocycles. The number of aliphatic hydroxyl groups is 2. The number of ether oxygens (including phenoxy) is 1. The molecule has 4 bridgehead atoms. The van der Waals surface area contributed by atoms with Crippen LogP contribution in [0.15, 0.2) is 12.2 Å². The van der Waals surface area contributed by atoms with Crippen LogP contribution in [-0.4, -0.2) is 35.5 Å². The highest BCUT2D eigenvalue weighted by atomic mass is 16.5. The third-order valence-corrected chi connectivity index (χ3v) is 9.25. The molecule has 2 unspecified atom stereocenters. The number of esters is 1. The Morgan fingerprint density at radius 2 is 2.08 bits per heavy atom. The number of aliphatic hydroxyl groups excluding tert-OH is 2. The van der Waals surface area contributed by atoms with Gasteiger partial charge in [-0.1, -0.05) is 26.0 Å². The van der Waals surface area contributed by atoms with Crippen LogP contribution in [0.3, 0.4) is 0 Å². The van der Waals surface area contributed by atoms with Crippen molar-refractivity contribution < 1.29 is 19.7 Å². The Kier molecular flexibility index (Phi) is 3.19. The van der Waals surface area contributed by atoms with Crippen molar-refractivity contribution in [3.63, 3.8) is 0 Å². The average molecular weight is 346 g/mol. The van der Waals surface area contributed by atoms with E-state index < -0.39 is 11.3 Å². The van der Waals surface area contributed by atoms with Crippen LogP contribution in [0.1, 0.15) is 46.0 Å². The lowest BCUT2D eigenvalue weighted by atomic mass is 9.40. The maximum Gasteiger partial charge on any atom is 0.313 e. The maximum atomic E-state index is 12.6. The molecule has 0 aromatic carbocycles. The molecule has 0 amide bonds. The zero-order valence-corrected chi connectivity index (χ0v) is 15.3. The van der Waals surface area contributed by atoms with E-state index in [0.717, 1.165) is 25.2 Å². The second-order valence-electron chi connectivity index (χ2n) is 10.0. The first-order valence-corrected chi connectivity index (χ1v) is 10.0. The molecule has 0 radical (unpaired) electrons. The van der Waals surface area contributed by atoms with Crippen molar-refractivity contribution in [2.45, 2.75) is 52.1 Å². The Hall–Kier alpha value is -0.870. The van der Waals surface area contributed by atoms with Gasteiger partial charge in [-0.15, -0.1) is 0 Å². The highest BCUT2D eigenvalue weighted by Crippen LogP contribution is 2.72. The molecule has 2 N–H and O–H groups in total. The van der Waals surface area contributed by atoms with Gasteiger partial charge in [-0.3, -0.25) is 4.79 Å². The van der Waals surface area contributed by atoms with Gasteiger partial charge in [0.25, 0.3) is 0 Å². The summed E-state index contributed by atoms with van der Waals surface area (Å²) in [7, 11) is 0. The molecule has 2 spiro atoms. The van der Waals surface area contributed by atoms with Gasteiger partial charge in [-0.05, 0) is 55.8 Å². The first-order chi connectivity index (χ1) is 11.9. The van der Waals surface area contributed by atoms with Gasteiger partial charge in [0.1, 0.15) is 6.61 Å². The molecular weight excluding hydrogens is 316 g/mol. The number of hydrogen-bond acceptors (Lipinski definition) is 4. The van der Waals surface area contributed by atoms with Crippen molar-refractivity contribution >= 4 is 5.97 Å². The van der Waals surface area contributed by atoms with Gasteiger partial charge in [0.05, 0.1) is 12.0 Å². The van der Waals surface area contributed by atoms with E-state index in [2.05, 4.69) is 13.0 Å². The number of carbonyl (C=O) groups excluding carboxylic acids is 1. The Bertz CT molecular complexity index is 640. The second kappa shape index (κ2) is 4.89. The van der Waals surface area contributed by atoms with Crippen LogP contribution in [0.2, 0.25) is 0 Å². The van der Waals surface area contributed by atoms with Crippen molar-refractivity contribution in [1.82, 2.24) is 0 Å². The smallest absolute Gasteiger partial charge is 0.313 e. The fraction of sp³-hybridized carbons (Fsp3) is 0.857. The summed E-state index contributed by atoms with van der Waals surface area (Å²) in [6.45, 7) is 4.77. The van der Waals surface area contributed by atoms with Crippen molar-refractivity contribution in [1.29, 1.82) is 0 Å². The highest BCUT2D eigenvalue weighted by Gasteiger charge is 2.70. The summed E-state index contributed by atoms with van der Waals surface area (Å²) in [6.07, 6.45) is 9.20. The van der Waals surface area contributed by atoms with Crippen LogP contribution < -0.4 is 0 Å². The molecule has 138 valence electrons. The number of fused-ring (bicyclic) bond motifs is 3. The molecule has 3 saturated carbocycles. The summed E-state index contributed by atoms with van der Waals surface area (Å²) in [5, 5.41) is 21.6. The van der Waals surface area contributed by atoms with Gasteiger partial charge >= 0.3 is 5.97 Å². The van der Waals surface area contributed by atoms with Crippen LogP contribution >= 0.6 is 0 Å². The molecule has 4 nitrogen and oxygen atoms in total. The molecule has 2 aliphatic heterocycles. The summed E-state index contributed by atoms with van der Waals surface area (Å²) < 4.78 is 5.77. The lowest BCUT2D eigenvalue weighted by Gasteiger charge is -2.63. The molecule has 0 aromatic heterocycles. The van der Waals surface area contributed by atoms with Gasteiger partial charge in [-0.25, -0.2) is 0 Å². The van der Waals surface area contributed by atoms with Gasteiger partial charge in [0.15, 0.2) is 0 Å². The Morgan fingerprint density at radius 3 is 2.84 bits per heavy atom. The number of hydrogen-bond donors (Lipinski definition) is 2. The number of rotatable bonds is 1. The standard InChI is InChI=1S/C21H30O4/c1-12-8-21-9-13(12)3-4-15(21)20-6-5-14(18(24)25-11-20)19(2,10-22)16(20)7-17(21)23/h5-6,12-17,22-23H,3-4,7-11H2,1-2H3/t12-,13-,14?,15-,16+,17+,19?,20+,21-/m1/s1. The molecule has 6 rings (SSSR count). The van der Waals surface area contributed by atoms with Crippen LogP contribution in [0.5, 0.6) is 0 Å². The monoisotopic (exact) mass is 346 g/mol. The highest BCUT2D eigenvalue weighted by molar-refractivity contribution is 5.77. The van der Waals surface area contributed by atoms with Gasteiger partial charge in [0.2, 0.25) is 0 Å². The first-order valence-electron chi connectivity index (χ1n) is 10.0. The second-order valence-corrected chi connectivity index (χ2v) is 10.0. The summed E-state index contributed by atoms with van der Waals surface area (Å²) >= 11 is 0. The first kappa shape index (κ1) is 16.3. The molecule has 4 fully saturated rings. The van der Waals surface area contributed by atoms with Crippen LogP contribution in [-0.2, 0) is 9.53 Å². The van der Waals surface area contributed by atoms with E-state index in [1.54, 1.807) is 0 Å². The molecule has 4 heteroatoms. The van der Waals surface area contributed by atoms with Crippen molar-refractivity contribution in [3.8, 4) is 0 Å². The third kappa shape index (κ3) is 1.74. The van der Waals surface area contributed by atoms with E-state index in [0.29, 0.717) is 24.9 Å². The molecular formula is C21H30O4. The normalized spacial score (nSPS) is 59.1. The van der Waals surface area contributed by atoms with E-state index in [9.17, 15) is 15.0 Å². The summed E-state index contributed by atoms with van der Waals surface area (Å²) in [5.74, 6) is 1.27. The van der Waals surface area contributed by atoms with E-state index in [-0.39, 0.29) is 35.4 Å². The van der Waals surface area contributed by atoms with Gasteiger partial charge in [-0.2, -0.15) is 0 Å². The molecule has 1 saturated heterocycles. The zero-order chi connectivity index (χ0) is 17.6. The third-order valence-electron chi connectivity index (χ3n) is 9.25. The van der Waals surface area contributed by atoms with E-state index in [1.807, 2.05) is 13.0 Å². The van der Waals surface area contributed by atoms with E-state index >= 15 is 0 Å². The van der Waals surface area contributed by atoms with E-state index in [1.165, 1.54) is 6.42 Å². The number of carbonyl (C=O) groups is 1. The van der Waals surface area contributed by atoms with E-state index in [4.69, 9.17) is 4.74 Å². The maximum absolute atomic E-state index is 12.6. The van der Waals surface area contributed by atoms with Crippen molar-refractivity contribution in [2.75, 3.05) is 13.2 Å². The quantitative estimate of drug-likeness (QED) is 0.566. The van der Waals surface area contributed by atoms with Crippen LogP contribution in [0.25, 0.3) is 0 Å².